The van der Waals surface area contributed by atoms with Crippen molar-refractivity contribution < 1.29 is 4.39 Å². The first-order valence-electron chi connectivity index (χ1n) is 7.04. The number of pyridine rings is 1. The van der Waals surface area contributed by atoms with Crippen LogP contribution in [0.4, 0.5) is 10.1 Å². The maximum absolute atomic E-state index is 13.1. The number of benzene rings is 1. The van der Waals surface area contributed by atoms with E-state index in [9.17, 15) is 4.39 Å². The Bertz CT molecular complexity index is 802. The van der Waals surface area contributed by atoms with Crippen LogP contribution in [-0.2, 0) is 0 Å². The molecule has 22 heavy (non-hydrogen) atoms. The molecule has 0 bridgehead atoms. The van der Waals surface area contributed by atoms with E-state index in [2.05, 4.69) is 20.6 Å². The van der Waals surface area contributed by atoms with Crippen LogP contribution in [0.1, 0.15) is 17.0 Å². The molecule has 3 nitrogen and oxygen atoms in total. The molecule has 0 saturated heterocycles. The topological polar surface area (TPSA) is 30.2 Å². The fraction of sp³-hybridized carbons (Fsp3) is 0.111. The monoisotopic (exact) mass is 293 g/mol. The predicted molar refractivity (Wildman–Crippen MR) is 86.7 cm³/mol. The van der Waals surface area contributed by atoms with Crippen molar-refractivity contribution in [1.82, 2.24) is 9.55 Å². The molecule has 0 aliphatic rings. The van der Waals surface area contributed by atoms with Crippen LogP contribution in [0.25, 0.3) is 5.69 Å². The van der Waals surface area contributed by atoms with Crippen LogP contribution in [0.2, 0.25) is 0 Å². The number of aromatic nitrogens is 2. The van der Waals surface area contributed by atoms with Gasteiger partial charge >= 0.3 is 0 Å². The molecule has 0 aliphatic heterocycles. The molecule has 0 amide bonds. The van der Waals surface area contributed by atoms with E-state index in [1.807, 2.05) is 32.2 Å². The first-order chi connectivity index (χ1) is 10.6. The van der Waals surface area contributed by atoms with Crippen molar-refractivity contribution in [3.63, 3.8) is 0 Å². The molecule has 4 heteroatoms. The lowest BCUT2D eigenvalue weighted by molar-refractivity contribution is 0.627. The first-order valence-corrected chi connectivity index (χ1v) is 7.04. The van der Waals surface area contributed by atoms with Crippen molar-refractivity contribution in [3.05, 3.63) is 77.6 Å². The van der Waals surface area contributed by atoms with Gasteiger partial charge in [-0.25, -0.2) is 4.39 Å². The Balaban J connectivity index is 1.97. The molecular formula is C18H16FN3. The van der Waals surface area contributed by atoms with Gasteiger partial charge in [0.25, 0.3) is 0 Å². The fourth-order valence-corrected chi connectivity index (χ4v) is 2.48. The Morgan fingerprint density at radius 3 is 2.59 bits per heavy atom. The molecule has 0 atom stereocenters. The predicted octanol–water partition coefficient (Wildman–Crippen LogP) is 4.38. The minimum absolute atomic E-state index is 0.232. The summed E-state index contributed by atoms with van der Waals surface area (Å²) >= 11 is 0. The number of aliphatic imine (C=N–C) groups is 1. The summed E-state index contributed by atoms with van der Waals surface area (Å²) in [7, 11) is 0. The zero-order valence-corrected chi connectivity index (χ0v) is 12.5. The second-order valence-electron chi connectivity index (χ2n) is 5.11. The second-order valence-corrected chi connectivity index (χ2v) is 5.11. The quantitative estimate of drug-likeness (QED) is 0.659. The maximum Gasteiger partial charge on any atom is 0.123 e. The van der Waals surface area contributed by atoms with Crippen molar-refractivity contribution in [1.29, 1.82) is 0 Å². The van der Waals surface area contributed by atoms with Crippen LogP contribution < -0.4 is 0 Å². The van der Waals surface area contributed by atoms with Crippen molar-refractivity contribution in [3.8, 4) is 5.69 Å². The number of hydrogen-bond acceptors (Lipinski definition) is 2. The van der Waals surface area contributed by atoms with Gasteiger partial charge in [-0.3, -0.25) is 9.98 Å². The summed E-state index contributed by atoms with van der Waals surface area (Å²) in [6.45, 7) is 4.05. The summed E-state index contributed by atoms with van der Waals surface area (Å²) < 4.78 is 15.2. The molecule has 0 saturated carbocycles. The van der Waals surface area contributed by atoms with Crippen LogP contribution in [0.3, 0.4) is 0 Å². The van der Waals surface area contributed by atoms with E-state index in [4.69, 9.17) is 0 Å². The fourth-order valence-electron chi connectivity index (χ4n) is 2.48. The Morgan fingerprint density at radius 2 is 1.91 bits per heavy atom. The summed E-state index contributed by atoms with van der Waals surface area (Å²) in [4.78, 5) is 8.48. The van der Waals surface area contributed by atoms with Gasteiger partial charge in [-0.15, -0.1) is 0 Å². The first kappa shape index (κ1) is 14.2. The standard InChI is InChI=1S/C18H16FN3/c1-13-10-15(11-21-17-4-3-9-20-12-17)14(2)22(13)18-7-5-16(19)6-8-18/h3-12H,1-2H3. The Hall–Kier alpha value is -2.75. The number of aryl methyl sites for hydroxylation is 1. The average Bonchev–Trinajstić information content (AvgIpc) is 2.82. The van der Waals surface area contributed by atoms with Crippen molar-refractivity contribution >= 4 is 11.9 Å². The highest BCUT2D eigenvalue weighted by atomic mass is 19.1. The lowest BCUT2D eigenvalue weighted by Gasteiger charge is -2.09. The molecule has 2 aromatic heterocycles. The highest BCUT2D eigenvalue weighted by Gasteiger charge is 2.09. The third kappa shape index (κ3) is 2.81. The molecule has 3 rings (SSSR count). The molecular weight excluding hydrogens is 277 g/mol. The van der Waals surface area contributed by atoms with Crippen LogP contribution in [0.15, 0.2) is 59.9 Å². The summed E-state index contributed by atoms with van der Waals surface area (Å²) in [5.41, 5.74) is 4.94. The van der Waals surface area contributed by atoms with Gasteiger partial charge in [-0.2, -0.15) is 0 Å². The average molecular weight is 293 g/mol. The van der Waals surface area contributed by atoms with E-state index in [0.29, 0.717) is 0 Å². The molecule has 0 fully saturated rings. The lowest BCUT2D eigenvalue weighted by atomic mass is 10.2. The zero-order chi connectivity index (χ0) is 15.5. The molecule has 3 aromatic rings. The molecule has 0 aliphatic carbocycles. The van der Waals surface area contributed by atoms with Crippen LogP contribution in [0.5, 0.6) is 0 Å². The molecule has 0 N–H and O–H groups in total. The summed E-state index contributed by atoms with van der Waals surface area (Å²) in [6, 6.07) is 12.3. The molecule has 110 valence electrons. The van der Waals surface area contributed by atoms with E-state index in [0.717, 1.165) is 28.3 Å². The van der Waals surface area contributed by atoms with Crippen LogP contribution in [0, 0.1) is 19.7 Å². The summed E-state index contributed by atoms with van der Waals surface area (Å²) in [5, 5.41) is 0. The van der Waals surface area contributed by atoms with Crippen molar-refractivity contribution in [2.24, 2.45) is 4.99 Å². The zero-order valence-electron chi connectivity index (χ0n) is 12.5. The van der Waals surface area contributed by atoms with Gasteiger partial charge in [0.05, 0.1) is 11.9 Å². The summed E-state index contributed by atoms with van der Waals surface area (Å²) in [5.74, 6) is -0.232. The van der Waals surface area contributed by atoms with E-state index in [1.165, 1.54) is 12.1 Å². The second kappa shape index (κ2) is 5.93. The van der Waals surface area contributed by atoms with Gasteiger partial charge in [0.2, 0.25) is 0 Å². The third-order valence-corrected chi connectivity index (χ3v) is 3.55. The normalized spacial score (nSPS) is 11.2. The van der Waals surface area contributed by atoms with E-state index >= 15 is 0 Å². The third-order valence-electron chi connectivity index (χ3n) is 3.55. The highest BCUT2D eigenvalue weighted by Crippen LogP contribution is 2.20. The van der Waals surface area contributed by atoms with Gasteiger partial charge in [0.15, 0.2) is 0 Å². The molecule has 0 radical (unpaired) electrons. The van der Waals surface area contributed by atoms with Gasteiger partial charge in [-0.1, -0.05) is 0 Å². The Morgan fingerprint density at radius 1 is 1.14 bits per heavy atom. The van der Waals surface area contributed by atoms with Crippen molar-refractivity contribution in [2.75, 3.05) is 0 Å². The molecule has 1 aromatic carbocycles. The number of halogens is 1. The van der Waals surface area contributed by atoms with Crippen molar-refractivity contribution in [2.45, 2.75) is 13.8 Å². The van der Waals surface area contributed by atoms with E-state index < -0.39 is 0 Å². The van der Waals surface area contributed by atoms with Gasteiger partial charge in [-0.05, 0) is 56.3 Å². The smallest absolute Gasteiger partial charge is 0.123 e. The van der Waals surface area contributed by atoms with E-state index in [1.54, 1.807) is 24.5 Å². The highest BCUT2D eigenvalue weighted by molar-refractivity contribution is 5.84. The Labute approximate surface area is 128 Å². The number of nitrogens with zero attached hydrogens (tertiary/aromatic N) is 3. The minimum atomic E-state index is -0.232. The number of hydrogen-bond donors (Lipinski definition) is 0. The Kier molecular flexibility index (Phi) is 3.83. The maximum atomic E-state index is 13.1. The number of rotatable bonds is 3. The van der Waals surface area contributed by atoms with E-state index in [-0.39, 0.29) is 5.82 Å². The molecule has 0 unspecified atom stereocenters. The minimum Gasteiger partial charge on any atom is -0.318 e. The SMILES string of the molecule is Cc1cc(C=Nc2cccnc2)c(C)n1-c1ccc(F)cc1. The van der Waals surface area contributed by atoms with Gasteiger partial charge < -0.3 is 4.57 Å². The van der Waals surface area contributed by atoms with Gasteiger partial charge in [0.1, 0.15) is 5.82 Å². The van der Waals surface area contributed by atoms with Crippen LogP contribution >= 0.6 is 0 Å². The molecule has 2 heterocycles. The largest absolute Gasteiger partial charge is 0.318 e. The van der Waals surface area contributed by atoms with Gasteiger partial charge in [0, 0.05) is 35.1 Å². The molecule has 0 spiro atoms. The van der Waals surface area contributed by atoms with Crippen LogP contribution in [-0.4, -0.2) is 15.8 Å². The summed E-state index contributed by atoms with van der Waals surface area (Å²) in [6.07, 6.45) is 5.27. The lowest BCUT2D eigenvalue weighted by Crippen LogP contribution is -1.99.